The summed E-state index contributed by atoms with van der Waals surface area (Å²) in [7, 11) is 6.23. The van der Waals surface area contributed by atoms with Crippen molar-refractivity contribution in [1.29, 1.82) is 0 Å². The Labute approximate surface area is 191 Å². The van der Waals surface area contributed by atoms with E-state index in [0.717, 1.165) is 5.56 Å². The summed E-state index contributed by atoms with van der Waals surface area (Å²) in [6.07, 6.45) is 3.62. The highest BCUT2D eigenvalue weighted by atomic mass is 79.9. The number of hydrogen-bond acceptors (Lipinski definition) is 8. The summed E-state index contributed by atoms with van der Waals surface area (Å²) in [5.74, 6) is 1.95. The topological polar surface area (TPSA) is 91.8 Å². The van der Waals surface area contributed by atoms with Crippen molar-refractivity contribution >= 4 is 50.5 Å². The van der Waals surface area contributed by atoms with Gasteiger partial charge >= 0.3 is 0 Å². The zero-order valence-electron chi connectivity index (χ0n) is 17.3. The minimum atomic E-state index is -0.276. The Balaban J connectivity index is 1.77. The first kappa shape index (κ1) is 22.6. The molecule has 0 fully saturated rings. The lowest BCUT2D eigenvalue weighted by Crippen LogP contribution is -2.11. The second kappa shape index (κ2) is 10.3. The van der Waals surface area contributed by atoms with Crippen molar-refractivity contribution < 1.29 is 23.7 Å². The third-order valence-electron chi connectivity index (χ3n) is 4.22. The molecule has 0 aliphatic carbocycles. The Kier molecular flexibility index (Phi) is 7.48. The van der Waals surface area contributed by atoms with E-state index in [4.69, 9.17) is 18.9 Å². The molecule has 0 aliphatic heterocycles. The molecule has 1 heterocycles. The third-order valence-corrected chi connectivity index (χ3v) is 5.84. The largest absolute Gasteiger partial charge is 0.497 e. The third kappa shape index (κ3) is 5.15. The first-order valence-electron chi connectivity index (χ1n) is 8.96. The molecule has 0 spiro atoms. The Morgan fingerprint density at radius 1 is 0.968 bits per heavy atom. The molecule has 1 amide bonds. The van der Waals surface area contributed by atoms with E-state index in [1.54, 1.807) is 58.8 Å². The molecular formula is C21H20BrN3O5S. The summed E-state index contributed by atoms with van der Waals surface area (Å²) < 4.78 is 22.0. The van der Waals surface area contributed by atoms with Gasteiger partial charge in [-0.3, -0.25) is 10.1 Å². The lowest BCUT2D eigenvalue weighted by Gasteiger charge is -2.15. The Hall–Kier alpha value is -3.11. The zero-order chi connectivity index (χ0) is 22.4. The van der Waals surface area contributed by atoms with Crippen molar-refractivity contribution in [2.45, 2.75) is 0 Å². The van der Waals surface area contributed by atoms with E-state index in [1.165, 1.54) is 11.3 Å². The summed E-state index contributed by atoms with van der Waals surface area (Å²) >= 11 is 4.78. The van der Waals surface area contributed by atoms with Gasteiger partial charge in [0.25, 0.3) is 5.91 Å². The highest BCUT2D eigenvalue weighted by molar-refractivity contribution is 9.10. The SMILES string of the molecule is COc1ccc(C(=O)Nc2nnc(/C=C/c3cc(OC)c(OC)c(OC)c3Br)s2)cc1. The van der Waals surface area contributed by atoms with E-state index in [1.807, 2.05) is 12.1 Å². The number of carbonyl (C=O) groups is 1. The number of aromatic nitrogens is 2. The number of rotatable bonds is 8. The quantitative estimate of drug-likeness (QED) is 0.471. The normalized spacial score (nSPS) is 10.7. The van der Waals surface area contributed by atoms with Gasteiger partial charge < -0.3 is 18.9 Å². The molecule has 0 aliphatic rings. The van der Waals surface area contributed by atoms with Gasteiger partial charge in [0.2, 0.25) is 10.9 Å². The molecule has 3 rings (SSSR count). The summed E-state index contributed by atoms with van der Waals surface area (Å²) in [4.78, 5) is 12.4. The van der Waals surface area contributed by atoms with Gasteiger partial charge in [0, 0.05) is 5.56 Å². The molecule has 2 aromatic carbocycles. The molecule has 0 unspecified atom stereocenters. The van der Waals surface area contributed by atoms with Crippen molar-refractivity contribution in [3.8, 4) is 23.0 Å². The van der Waals surface area contributed by atoms with Gasteiger partial charge in [-0.2, -0.15) is 0 Å². The molecule has 3 aromatic rings. The van der Waals surface area contributed by atoms with Crippen molar-refractivity contribution in [3.63, 3.8) is 0 Å². The van der Waals surface area contributed by atoms with E-state index in [-0.39, 0.29) is 5.91 Å². The van der Waals surface area contributed by atoms with Gasteiger partial charge in [-0.1, -0.05) is 17.4 Å². The van der Waals surface area contributed by atoms with Crippen LogP contribution in [0.15, 0.2) is 34.8 Å². The maximum atomic E-state index is 12.4. The number of nitrogens with zero attached hydrogens (tertiary/aromatic N) is 2. The lowest BCUT2D eigenvalue weighted by atomic mass is 10.1. The Bertz CT molecular complexity index is 1100. The van der Waals surface area contributed by atoms with Crippen LogP contribution in [0, 0.1) is 0 Å². The average molecular weight is 506 g/mol. The number of carbonyl (C=O) groups excluding carboxylic acids is 1. The van der Waals surface area contributed by atoms with Gasteiger partial charge in [0.15, 0.2) is 11.5 Å². The number of hydrogen-bond donors (Lipinski definition) is 1. The Morgan fingerprint density at radius 2 is 1.68 bits per heavy atom. The maximum Gasteiger partial charge on any atom is 0.257 e. The number of anilines is 1. The van der Waals surface area contributed by atoms with Crippen LogP contribution in [0.25, 0.3) is 12.2 Å². The second-order valence-electron chi connectivity index (χ2n) is 6.01. The van der Waals surface area contributed by atoms with Crippen molar-refractivity contribution in [2.75, 3.05) is 33.8 Å². The minimum Gasteiger partial charge on any atom is -0.497 e. The number of amides is 1. The molecule has 0 radical (unpaired) electrons. The van der Waals surface area contributed by atoms with Crippen LogP contribution in [0.2, 0.25) is 0 Å². The molecule has 0 saturated heterocycles. The molecule has 10 heteroatoms. The van der Waals surface area contributed by atoms with Gasteiger partial charge in [-0.05, 0) is 57.9 Å². The molecule has 1 N–H and O–H groups in total. The van der Waals surface area contributed by atoms with E-state index in [9.17, 15) is 4.79 Å². The lowest BCUT2D eigenvalue weighted by molar-refractivity contribution is 0.102. The molecule has 8 nitrogen and oxygen atoms in total. The predicted octanol–water partition coefficient (Wildman–Crippen LogP) is 4.76. The van der Waals surface area contributed by atoms with Gasteiger partial charge in [-0.25, -0.2) is 0 Å². The first-order chi connectivity index (χ1) is 15.0. The summed E-state index contributed by atoms with van der Waals surface area (Å²) in [6.45, 7) is 0. The zero-order valence-corrected chi connectivity index (χ0v) is 19.7. The van der Waals surface area contributed by atoms with Gasteiger partial charge in [-0.15, -0.1) is 10.2 Å². The van der Waals surface area contributed by atoms with Crippen LogP contribution < -0.4 is 24.3 Å². The maximum absolute atomic E-state index is 12.4. The average Bonchev–Trinajstić information content (AvgIpc) is 3.24. The molecular weight excluding hydrogens is 486 g/mol. The number of ether oxygens (including phenoxy) is 4. The van der Waals surface area contributed by atoms with Crippen molar-refractivity contribution in [3.05, 3.63) is 50.9 Å². The van der Waals surface area contributed by atoms with E-state index in [2.05, 4.69) is 31.4 Å². The fourth-order valence-corrected chi connectivity index (χ4v) is 3.92. The molecule has 0 atom stereocenters. The first-order valence-corrected chi connectivity index (χ1v) is 10.6. The number of nitrogens with one attached hydrogen (secondary N) is 1. The van der Waals surface area contributed by atoms with Crippen LogP contribution in [-0.2, 0) is 0 Å². The number of halogens is 1. The standard InChI is InChI=1S/C21H20BrN3O5S/c1-27-14-8-5-12(6-9-14)20(26)23-21-25-24-16(31-21)10-7-13-11-15(28-2)18(29-3)19(30-4)17(13)22/h5-11H,1-4H3,(H,23,25,26)/b10-7+. The van der Waals surface area contributed by atoms with E-state index in [0.29, 0.717) is 43.2 Å². The summed E-state index contributed by atoms with van der Waals surface area (Å²) in [5.41, 5.74) is 1.29. The molecule has 0 saturated carbocycles. The summed E-state index contributed by atoms with van der Waals surface area (Å²) in [6, 6.07) is 8.61. The van der Waals surface area contributed by atoms with Crippen molar-refractivity contribution in [2.24, 2.45) is 0 Å². The fourth-order valence-electron chi connectivity index (χ4n) is 2.69. The van der Waals surface area contributed by atoms with Gasteiger partial charge in [0.05, 0.1) is 32.9 Å². The molecule has 31 heavy (non-hydrogen) atoms. The van der Waals surface area contributed by atoms with Crippen molar-refractivity contribution in [1.82, 2.24) is 10.2 Å². The second-order valence-corrected chi connectivity index (χ2v) is 7.81. The number of methoxy groups -OCH3 is 4. The number of benzene rings is 2. The van der Waals surface area contributed by atoms with Gasteiger partial charge in [0.1, 0.15) is 10.8 Å². The highest BCUT2D eigenvalue weighted by Gasteiger charge is 2.18. The fraction of sp³-hybridized carbons (Fsp3) is 0.190. The summed E-state index contributed by atoms with van der Waals surface area (Å²) in [5, 5.41) is 11.9. The molecule has 1 aromatic heterocycles. The predicted molar refractivity (Wildman–Crippen MR) is 124 cm³/mol. The van der Waals surface area contributed by atoms with E-state index >= 15 is 0 Å². The van der Waals surface area contributed by atoms with Crippen LogP contribution in [0.1, 0.15) is 20.9 Å². The highest BCUT2D eigenvalue weighted by Crippen LogP contribution is 2.45. The smallest absolute Gasteiger partial charge is 0.257 e. The van der Waals surface area contributed by atoms with Crippen LogP contribution in [0.5, 0.6) is 23.0 Å². The Morgan fingerprint density at radius 3 is 2.29 bits per heavy atom. The van der Waals surface area contributed by atoms with Crippen LogP contribution in [-0.4, -0.2) is 44.5 Å². The molecule has 162 valence electrons. The molecule has 0 bridgehead atoms. The minimum absolute atomic E-state index is 0.276. The van der Waals surface area contributed by atoms with Crippen LogP contribution in [0.3, 0.4) is 0 Å². The van der Waals surface area contributed by atoms with E-state index < -0.39 is 0 Å². The van der Waals surface area contributed by atoms with Crippen LogP contribution >= 0.6 is 27.3 Å². The monoisotopic (exact) mass is 505 g/mol. The van der Waals surface area contributed by atoms with Crippen LogP contribution in [0.4, 0.5) is 5.13 Å².